The molecule has 0 aliphatic rings. The molecule has 0 saturated carbocycles. The molecule has 27 heavy (non-hydrogen) atoms. The summed E-state index contributed by atoms with van der Waals surface area (Å²) in [5.74, 6) is -0.972. The Bertz CT molecular complexity index is 1130. The van der Waals surface area contributed by atoms with Crippen LogP contribution in [0.4, 0.5) is 13.2 Å². The minimum absolute atomic E-state index is 0.137. The molecule has 1 heterocycles. The maximum atomic E-state index is 14.3. The van der Waals surface area contributed by atoms with E-state index in [4.69, 9.17) is 0 Å². The normalized spacial score (nSPS) is 12.0. The number of sulfone groups is 1. The summed E-state index contributed by atoms with van der Waals surface area (Å²) in [5, 5.41) is 3.88. The van der Waals surface area contributed by atoms with Gasteiger partial charge in [-0.1, -0.05) is 28.1 Å². The highest BCUT2D eigenvalue weighted by Gasteiger charge is 2.20. The first-order valence-corrected chi connectivity index (χ1v) is 10.4. The van der Waals surface area contributed by atoms with Gasteiger partial charge in [-0.2, -0.15) is 5.10 Å². The van der Waals surface area contributed by atoms with E-state index in [2.05, 4.69) is 21.0 Å². The summed E-state index contributed by atoms with van der Waals surface area (Å²) >= 11 is 3.40. The van der Waals surface area contributed by atoms with Crippen LogP contribution in [0.15, 0.2) is 51.8 Å². The zero-order valence-corrected chi connectivity index (χ0v) is 16.7. The molecule has 0 spiro atoms. The van der Waals surface area contributed by atoms with Crippen molar-refractivity contribution in [2.24, 2.45) is 0 Å². The van der Waals surface area contributed by atoms with Crippen molar-refractivity contribution >= 4 is 25.8 Å². The summed E-state index contributed by atoms with van der Waals surface area (Å²) in [7, 11) is -3.74. The lowest BCUT2D eigenvalue weighted by Gasteiger charge is -2.10. The van der Waals surface area contributed by atoms with Crippen LogP contribution in [0.2, 0.25) is 0 Å². The molecule has 0 unspecified atom stereocenters. The molecule has 0 N–H and O–H groups in total. The van der Waals surface area contributed by atoms with Gasteiger partial charge in [0.25, 0.3) is 6.43 Å². The summed E-state index contributed by atoms with van der Waals surface area (Å²) in [6.07, 6.45) is -1.91. The largest absolute Gasteiger partial charge is 0.282 e. The molecule has 2 aromatic carbocycles. The lowest BCUT2D eigenvalue weighted by molar-refractivity contribution is 0.145. The Morgan fingerprint density at radius 1 is 1.11 bits per heavy atom. The van der Waals surface area contributed by atoms with Gasteiger partial charge < -0.3 is 0 Å². The van der Waals surface area contributed by atoms with Crippen LogP contribution in [0, 0.1) is 12.7 Å². The monoisotopic (exact) mass is 458 g/mol. The van der Waals surface area contributed by atoms with E-state index < -0.39 is 32.7 Å². The van der Waals surface area contributed by atoms with Crippen LogP contribution in [-0.2, 0) is 9.84 Å². The predicted octanol–water partition coefficient (Wildman–Crippen LogP) is 5.09. The van der Waals surface area contributed by atoms with Crippen LogP contribution in [0.3, 0.4) is 0 Å². The number of hydrogen-bond donors (Lipinski definition) is 0. The lowest BCUT2D eigenvalue weighted by Crippen LogP contribution is -2.05. The first-order chi connectivity index (χ1) is 12.6. The highest BCUT2D eigenvalue weighted by molar-refractivity contribution is 9.10. The van der Waals surface area contributed by atoms with Gasteiger partial charge in [-0.3, -0.25) is 0 Å². The number of aryl methyl sites for hydroxylation is 1. The molecule has 0 bridgehead atoms. The second kappa shape index (κ2) is 7.12. The van der Waals surface area contributed by atoms with Crippen LogP contribution in [0.5, 0.6) is 0 Å². The molecule has 1 aromatic heterocycles. The minimum atomic E-state index is -3.74. The number of hydrogen-bond acceptors (Lipinski definition) is 3. The smallest absolute Gasteiger partial charge is 0.233 e. The van der Waals surface area contributed by atoms with Crippen LogP contribution in [0.1, 0.15) is 17.7 Å². The molecule has 3 rings (SSSR count). The number of nitrogens with zero attached hydrogens (tertiary/aromatic N) is 2. The topological polar surface area (TPSA) is 52.0 Å². The van der Waals surface area contributed by atoms with Crippen LogP contribution in [-0.4, -0.2) is 24.5 Å². The summed E-state index contributed by atoms with van der Waals surface area (Å²) in [4.78, 5) is -0.466. The third-order valence-electron chi connectivity index (χ3n) is 3.98. The quantitative estimate of drug-likeness (QED) is 0.546. The predicted molar refractivity (Wildman–Crippen MR) is 99.5 cm³/mol. The van der Waals surface area contributed by atoms with Crippen molar-refractivity contribution in [2.75, 3.05) is 6.26 Å². The molecule has 3 aromatic rings. The van der Waals surface area contributed by atoms with Crippen molar-refractivity contribution in [1.29, 1.82) is 0 Å². The lowest BCUT2D eigenvalue weighted by atomic mass is 10.1. The molecule has 0 fully saturated rings. The number of halogens is 4. The maximum absolute atomic E-state index is 14.3. The first-order valence-electron chi connectivity index (χ1n) is 7.72. The molecule has 0 saturated heterocycles. The molecule has 142 valence electrons. The van der Waals surface area contributed by atoms with Crippen LogP contribution >= 0.6 is 15.9 Å². The molecule has 0 aliphatic heterocycles. The van der Waals surface area contributed by atoms with E-state index in [1.165, 1.54) is 16.8 Å². The second-order valence-electron chi connectivity index (χ2n) is 6.02. The number of aromatic nitrogens is 2. The van der Waals surface area contributed by atoms with E-state index in [-0.39, 0.29) is 5.69 Å². The van der Waals surface area contributed by atoms with Gasteiger partial charge in [-0.25, -0.2) is 26.3 Å². The Morgan fingerprint density at radius 2 is 1.81 bits per heavy atom. The highest BCUT2D eigenvalue weighted by atomic mass is 79.9. The van der Waals surface area contributed by atoms with Crippen molar-refractivity contribution in [3.05, 3.63) is 64.0 Å². The summed E-state index contributed by atoms with van der Waals surface area (Å²) in [6, 6.07) is 9.91. The van der Waals surface area contributed by atoms with Crippen LogP contribution in [0.25, 0.3) is 16.9 Å². The number of benzene rings is 2. The molecule has 0 amide bonds. The van der Waals surface area contributed by atoms with E-state index in [1.807, 2.05) is 13.0 Å². The minimum Gasteiger partial charge on any atom is -0.233 e. The van der Waals surface area contributed by atoms with Gasteiger partial charge in [0.15, 0.2) is 9.84 Å². The molecule has 0 aliphatic carbocycles. The molecule has 0 atom stereocenters. The van der Waals surface area contributed by atoms with Gasteiger partial charge in [-0.15, -0.1) is 0 Å². The SMILES string of the molecule is Cc1ccc(-c2cc(C(F)F)nn2-c2ccc(S(C)(=O)=O)c(F)c2)cc1Br. The summed E-state index contributed by atoms with van der Waals surface area (Å²) in [5.41, 5.74) is 1.56. The fourth-order valence-electron chi connectivity index (χ4n) is 2.58. The first kappa shape index (κ1) is 19.6. The Balaban J connectivity index is 2.20. The van der Waals surface area contributed by atoms with Gasteiger partial charge in [0, 0.05) is 22.4 Å². The third kappa shape index (κ3) is 3.93. The van der Waals surface area contributed by atoms with E-state index in [0.29, 0.717) is 11.3 Å². The molecule has 4 nitrogen and oxygen atoms in total. The van der Waals surface area contributed by atoms with E-state index >= 15 is 0 Å². The highest BCUT2D eigenvalue weighted by Crippen LogP contribution is 2.31. The molecular formula is C18H14BrF3N2O2S. The number of alkyl halides is 2. The molecular weight excluding hydrogens is 445 g/mol. The zero-order valence-electron chi connectivity index (χ0n) is 14.2. The van der Waals surface area contributed by atoms with Crippen molar-refractivity contribution in [2.45, 2.75) is 18.2 Å². The van der Waals surface area contributed by atoms with Crippen molar-refractivity contribution < 1.29 is 21.6 Å². The van der Waals surface area contributed by atoms with Crippen molar-refractivity contribution in [3.8, 4) is 16.9 Å². The van der Waals surface area contributed by atoms with E-state index in [1.54, 1.807) is 12.1 Å². The van der Waals surface area contributed by atoms with Crippen LogP contribution < -0.4 is 0 Å². The van der Waals surface area contributed by atoms with Gasteiger partial charge >= 0.3 is 0 Å². The Hall–Kier alpha value is -2.13. The van der Waals surface area contributed by atoms with Gasteiger partial charge in [0.1, 0.15) is 16.4 Å². The average molecular weight is 459 g/mol. The fourth-order valence-corrected chi connectivity index (χ4v) is 3.69. The standard InChI is InChI=1S/C18H14BrF3N2O2S/c1-10-3-4-11(7-13(10)19)16-9-15(18(21)22)23-24(16)12-5-6-17(14(20)8-12)27(2,25)26/h3-9,18H,1-2H3. The molecule has 0 radical (unpaired) electrons. The maximum Gasteiger partial charge on any atom is 0.282 e. The Kier molecular flexibility index (Phi) is 5.18. The van der Waals surface area contributed by atoms with Crippen molar-refractivity contribution in [3.63, 3.8) is 0 Å². The Morgan fingerprint density at radius 3 is 2.37 bits per heavy atom. The Labute approximate surface area is 162 Å². The third-order valence-corrected chi connectivity index (χ3v) is 5.96. The summed E-state index contributed by atoms with van der Waals surface area (Å²) in [6.45, 7) is 1.88. The van der Waals surface area contributed by atoms with E-state index in [0.717, 1.165) is 28.4 Å². The van der Waals surface area contributed by atoms with Crippen molar-refractivity contribution in [1.82, 2.24) is 9.78 Å². The van der Waals surface area contributed by atoms with Gasteiger partial charge in [-0.05, 0) is 36.8 Å². The van der Waals surface area contributed by atoms with E-state index in [9.17, 15) is 21.6 Å². The molecule has 9 heteroatoms. The second-order valence-corrected chi connectivity index (χ2v) is 8.86. The zero-order chi connectivity index (χ0) is 19.9. The fraction of sp³-hybridized carbons (Fsp3) is 0.167. The average Bonchev–Trinajstić information content (AvgIpc) is 3.01. The van der Waals surface area contributed by atoms with Gasteiger partial charge in [0.05, 0.1) is 11.4 Å². The van der Waals surface area contributed by atoms with Gasteiger partial charge in [0.2, 0.25) is 0 Å². The number of rotatable bonds is 4. The summed E-state index contributed by atoms with van der Waals surface area (Å²) < 4.78 is 65.8.